The predicted molar refractivity (Wildman–Crippen MR) is 69.9 cm³/mol. The number of halogens is 1. The number of nitrogens with zero attached hydrogens (tertiary/aromatic N) is 2. The number of hydrogen-bond donors (Lipinski definition) is 1. The molecule has 17 heavy (non-hydrogen) atoms. The van der Waals surface area contributed by atoms with Crippen LogP contribution in [0.3, 0.4) is 0 Å². The summed E-state index contributed by atoms with van der Waals surface area (Å²) in [5.74, 6) is 1.66. The summed E-state index contributed by atoms with van der Waals surface area (Å²) in [6.07, 6.45) is 0. The molecule has 5 heteroatoms. The summed E-state index contributed by atoms with van der Waals surface area (Å²) in [5, 5.41) is 3.87. The molecular formula is C12H16ClN3O. The van der Waals surface area contributed by atoms with Crippen molar-refractivity contribution in [1.29, 1.82) is 0 Å². The molecule has 0 fully saturated rings. The molecule has 0 spiro atoms. The third-order valence-corrected chi connectivity index (χ3v) is 2.85. The first-order chi connectivity index (χ1) is 8.27. The minimum absolute atomic E-state index is 0.566. The molecule has 0 bridgehead atoms. The van der Waals surface area contributed by atoms with Crippen LogP contribution in [-0.2, 0) is 0 Å². The Balaban J connectivity index is 1.72. The second-order valence-corrected chi connectivity index (χ2v) is 4.24. The molecule has 0 aliphatic carbocycles. The van der Waals surface area contributed by atoms with Gasteiger partial charge < -0.3 is 15.0 Å². The first-order valence-electron chi connectivity index (χ1n) is 5.64. The minimum atomic E-state index is 0.566. The van der Waals surface area contributed by atoms with Gasteiger partial charge in [0.1, 0.15) is 12.4 Å². The average molecular weight is 254 g/mol. The first kappa shape index (κ1) is 12.0. The van der Waals surface area contributed by atoms with Gasteiger partial charge in [0.2, 0.25) is 0 Å². The van der Waals surface area contributed by atoms with Gasteiger partial charge in [-0.1, -0.05) is 23.7 Å². The quantitative estimate of drug-likeness (QED) is 0.829. The smallest absolute Gasteiger partial charge is 0.193 e. The monoisotopic (exact) mass is 253 g/mol. The zero-order chi connectivity index (χ0) is 12.1. The molecule has 0 radical (unpaired) electrons. The number of ether oxygens (including phenoxy) is 1. The number of rotatable bonds is 4. The Kier molecular flexibility index (Phi) is 4.09. The number of para-hydroxylation sites is 1. The molecule has 92 valence electrons. The Morgan fingerprint density at radius 3 is 3.00 bits per heavy atom. The highest BCUT2D eigenvalue weighted by Gasteiger charge is 2.10. The van der Waals surface area contributed by atoms with Crippen molar-refractivity contribution in [2.75, 3.05) is 33.3 Å². The Morgan fingerprint density at radius 2 is 2.29 bits per heavy atom. The fourth-order valence-electron chi connectivity index (χ4n) is 1.61. The van der Waals surface area contributed by atoms with Gasteiger partial charge in [0.15, 0.2) is 5.96 Å². The lowest BCUT2D eigenvalue weighted by Gasteiger charge is -2.15. The van der Waals surface area contributed by atoms with Crippen molar-refractivity contribution in [2.45, 2.75) is 0 Å². The summed E-state index contributed by atoms with van der Waals surface area (Å²) in [6.45, 7) is 3.13. The van der Waals surface area contributed by atoms with Gasteiger partial charge in [-0.3, -0.25) is 4.99 Å². The molecule has 1 heterocycles. The summed E-state index contributed by atoms with van der Waals surface area (Å²) >= 11 is 5.98. The lowest BCUT2D eigenvalue weighted by atomic mass is 10.3. The zero-order valence-electron chi connectivity index (χ0n) is 9.82. The maximum absolute atomic E-state index is 5.98. The topological polar surface area (TPSA) is 36.9 Å². The number of nitrogens with one attached hydrogen (secondary N) is 1. The van der Waals surface area contributed by atoms with Crippen molar-refractivity contribution in [3.8, 4) is 5.75 Å². The van der Waals surface area contributed by atoms with Crippen LogP contribution < -0.4 is 10.1 Å². The van der Waals surface area contributed by atoms with E-state index in [-0.39, 0.29) is 0 Å². The van der Waals surface area contributed by atoms with Gasteiger partial charge in [0.25, 0.3) is 0 Å². The van der Waals surface area contributed by atoms with Crippen molar-refractivity contribution in [3.05, 3.63) is 29.3 Å². The van der Waals surface area contributed by atoms with Crippen LogP contribution in [0, 0.1) is 0 Å². The van der Waals surface area contributed by atoms with Crippen LogP contribution in [-0.4, -0.2) is 44.1 Å². The lowest BCUT2D eigenvalue weighted by molar-refractivity contribution is 0.320. The largest absolute Gasteiger partial charge is 0.490 e. The Hall–Kier alpha value is -1.42. The van der Waals surface area contributed by atoms with E-state index in [1.165, 1.54) is 0 Å². The third-order valence-electron chi connectivity index (χ3n) is 2.54. The Bertz CT molecular complexity index is 408. The van der Waals surface area contributed by atoms with Crippen LogP contribution in [0.2, 0.25) is 5.02 Å². The summed E-state index contributed by atoms with van der Waals surface area (Å²) < 4.78 is 5.56. The third kappa shape index (κ3) is 3.27. The summed E-state index contributed by atoms with van der Waals surface area (Å²) in [4.78, 5) is 6.42. The second-order valence-electron chi connectivity index (χ2n) is 3.83. The van der Waals surface area contributed by atoms with Crippen molar-refractivity contribution in [3.63, 3.8) is 0 Å². The second kappa shape index (κ2) is 5.77. The van der Waals surface area contributed by atoms with Gasteiger partial charge in [0, 0.05) is 13.6 Å². The molecule has 0 saturated heterocycles. The first-order valence-corrected chi connectivity index (χ1v) is 6.02. The van der Waals surface area contributed by atoms with Gasteiger partial charge in [-0.25, -0.2) is 0 Å². The van der Waals surface area contributed by atoms with E-state index in [4.69, 9.17) is 16.3 Å². The molecule has 1 N–H and O–H groups in total. The van der Waals surface area contributed by atoms with Gasteiger partial charge >= 0.3 is 0 Å². The molecule has 0 unspecified atom stereocenters. The fraction of sp³-hybridized carbons (Fsp3) is 0.417. The van der Waals surface area contributed by atoms with Gasteiger partial charge in [-0.15, -0.1) is 0 Å². The van der Waals surface area contributed by atoms with Gasteiger partial charge in [0.05, 0.1) is 18.1 Å². The fourth-order valence-corrected chi connectivity index (χ4v) is 1.80. The molecular weight excluding hydrogens is 238 g/mol. The predicted octanol–water partition coefficient (Wildman–Crippen LogP) is 1.61. The Morgan fingerprint density at radius 1 is 1.47 bits per heavy atom. The maximum atomic E-state index is 5.98. The van der Waals surface area contributed by atoms with Crippen LogP contribution >= 0.6 is 11.6 Å². The average Bonchev–Trinajstić information content (AvgIpc) is 2.73. The lowest BCUT2D eigenvalue weighted by Crippen LogP contribution is -2.37. The van der Waals surface area contributed by atoms with E-state index < -0.39 is 0 Å². The summed E-state index contributed by atoms with van der Waals surface area (Å²) in [6, 6.07) is 7.47. The summed E-state index contributed by atoms with van der Waals surface area (Å²) in [7, 11) is 2.02. The van der Waals surface area contributed by atoms with Crippen LogP contribution in [0.5, 0.6) is 5.75 Å². The molecule has 1 aromatic carbocycles. The van der Waals surface area contributed by atoms with Crippen LogP contribution in [0.25, 0.3) is 0 Å². The summed E-state index contributed by atoms with van der Waals surface area (Å²) in [5.41, 5.74) is 0. The van der Waals surface area contributed by atoms with Crippen molar-refractivity contribution >= 4 is 17.6 Å². The molecule has 0 atom stereocenters. The van der Waals surface area contributed by atoms with Crippen molar-refractivity contribution in [1.82, 2.24) is 10.2 Å². The Labute approximate surface area is 106 Å². The van der Waals surface area contributed by atoms with Crippen LogP contribution in [0.1, 0.15) is 0 Å². The molecule has 1 aromatic rings. The van der Waals surface area contributed by atoms with E-state index >= 15 is 0 Å². The molecule has 1 aliphatic heterocycles. The number of guanidine groups is 1. The standard InChI is InChI=1S/C12H16ClN3O/c1-16-8-6-14-12(16)15-7-9-17-11-5-3-2-4-10(11)13/h2-5H,6-9H2,1H3,(H,14,15). The number of likely N-dealkylation sites (N-methyl/N-ethyl adjacent to an activating group) is 1. The van der Waals surface area contributed by atoms with Crippen molar-refractivity contribution < 1.29 is 4.74 Å². The van der Waals surface area contributed by atoms with E-state index in [0.29, 0.717) is 18.2 Å². The highest BCUT2D eigenvalue weighted by Crippen LogP contribution is 2.22. The number of hydrogen-bond acceptors (Lipinski definition) is 4. The number of aliphatic imine (C=N–C) groups is 1. The molecule has 2 rings (SSSR count). The maximum Gasteiger partial charge on any atom is 0.193 e. The van der Waals surface area contributed by atoms with E-state index in [1.807, 2.05) is 31.3 Å². The SMILES string of the molecule is CN1CCN=C1NCCOc1ccccc1Cl. The van der Waals surface area contributed by atoms with E-state index in [1.54, 1.807) is 0 Å². The van der Waals surface area contributed by atoms with Crippen molar-refractivity contribution in [2.24, 2.45) is 4.99 Å². The van der Waals surface area contributed by atoms with E-state index in [9.17, 15) is 0 Å². The zero-order valence-corrected chi connectivity index (χ0v) is 10.6. The molecule has 1 aliphatic rings. The molecule has 0 aromatic heterocycles. The minimum Gasteiger partial charge on any atom is -0.490 e. The van der Waals surface area contributed by atoms with Crippen LogP contribution in [0.4, 0.5) is 0 Å². The van der Waals surface area contributed by atoms with Gasteiger partial charge in [-0.2, -0.15) is 0 Å². The van der Waals surface area contributed by atoms with Crippen LogP contribution in [0.15, 0.2) is 29.3 Å². The molecule has 0 amide bonds. The van der Waals surface area contributed by atoms with E-state index in [0.717, 1.165) is 24.8 Å². The highest BCUT2D eigenvalue weighted by molar-refractivity contribution is 6.32. The molecule has 0 saturated carbocycles. The highest BCUT2D eigenvalue weighted by atomic mass is 35.5. The molecule has 4 nitrogen and oxygen atoms in total. The number of benzene rings is 1. The van der Waals surface area contributed by atoms with Gasteiger partial charge in [-0.05, 0) is 12.1 Å². The normalized spacial score (nSPS) is 14.7. The van der Waals surface area contributed by atoms with E-state index in [2.05, 4.69) is 15.2 Å².